The molecule has 3 aromatic rings. The van der Waals surface area contributed by atoms with Crippen LogP contribution in [0.25, 0.3) is 6.08 Å². The molecule has 9 nitrogen and oxygen atoms in total. The lowest BCUT2D eigenvalue weighted by Gasteiger charge is -2.16. The van der Waals surface area contributed by atoms with Gasteiger partial charge in [-0.1, -0.05) is 30.0 Å². The molecule has 0 radical (unpaired) electrons. The summed E-state index contributed by atoms with van der Waals surface area (Å²) >= 11 is 2.41. The van der Waals surface area contributed by atoms with Crippen molar-refractivity contribution in [3.8, 4) is 29.1 Å². The summed E-state index contributed by atoms with van der Waals surface area (Å²) in [5.41, 5.74) is 1.29. The molecule has 37 heavy (non-hydrogen) atoms. The van der Waals surface area contributed by atoms with Crippen LogP contribution in [-0.2, 0) is 11.2 Å². The topological polar surface area (TPSA) is 116 Å². The zero-order valence-corrected chi connectivity index (χ0v) is 22.3. The molecular weight excluding hydrogens is 512 g/mol. The molecule has 0 aliphatic carbocycles. The van der Waals surface area contributed by atoms with Gasteiger partial charge in [-0.25, -0.2) is 0 Å². The summed E-state index contributed by atoms with van der Waals surface area (Å²) in [6.45, 7) is 4.35. The molecule has 0 aliphatic heterocycles. The summed E-state index contributed by atoms with van der Waals surface area (Å²) in [6.07, 6.45) is 5.53. The molecule has 1 amide bonds. The van der Waals surface area contributed by atoms with E-state index in [0.29, 0.717) is 45.3 Å². The number of hydrogen-bond acceptors (Lipinski definition) is 10. The van der Waals surface area contributed by atoms with Crippen LogP contribution in [0.15, 0.2) is 59.8 Å². The van der Waals surface area contributed by atoms with Gasteiger partial charge in [0.2, 0.25) is 10.3 Å². The van der Waals surface area contributed by atoms with Crippen molar-refractivity contribution < 1.29 is 23.7 Å². The lowest BCUT2D eigenvalue weighted by molar-refractivity contribution is -0.112. The minimum Gasteiger partial charge on any atom is -0.493 e. The second-order valence-corrected chi connectivity index (χ2v) is 8.79. The highest BCUT2D eigenvalue weighted by atomic mass is 32.2. The first-order valence-electron chi connectivity index (χ1n) is 11.0. The van der Waals surface area contributed by atoms with E-state index in [2.05, 4.69) is 21.3 Å². The van der Waals surface area contributed by atoms with Gasteiger partial charge >= 0.3 is 0 Å². The summed E-state index contributed by atoms with van der Waals surface area (Å²) in [5.74, 6) is 1.66. The van der Waals surface area contributed by atoms with E-state index in [1.54, 1.807) is 19.3 Å². The summed E-state index contributed by atoms with van der Waals surface area (Å²) < 4.78 is 26.8. The highest BCUT2D eigenvalue weighted by Crippen LogP contribution is 2.34. The first-order valence-corrected chi connectivity index (χ1v) is 13.0. The number of carbonyl (C=O) groups is 1. The maximum Gasteiger partial charge on any atom is 0.268 e. The van der Waals surface area contributed by atoms with Gasteiger partial charge in [0.25, 0.3) is 5.91 Å². The minimum atomic E-state index is -0.579. The number of nitriles is 1. The molecule has 3 rings (SSSR count). The van der Waals surface area contributed by atoms with Crippen molar-refractivity contribution in [2.45, 2.75) is 11.6 Å². The van der Waals surface area contributed by atoms with Gasteiger partial charge in [0.15, 0.2) is 23.0 Å². The lowest BCUT2D eigenvalue weighted by Crippen LogP contribution is -2.13. The number of carbonyl (C=O) groups excluding carboxylic acids is 1. The van der Waals surface area contributed by atoms with Crippen LogP contribution in [-0.4, -0.2) is 49.0 Å². The standard InChI is InChI=1S/C26H26N4O5S2/c1-5-8-18-13-17(14-19(16-27)24(31)28-25-29-26(36-4)30-37-25)15-22(33-3)23(18)35-12-11-34-21-10-7-6-9-20(21)32-2/h5-7,9-10,13-15H,1,8,11-12H2,2-4H3,(H,28,29,30,31). The molecular formula is C26H26N4O5S2. The van der Waals surface area contributed by atoms with Crippen molar-refractivity contribution in [1.29, 1.82) is 5.26 Å². The number of nitrogens with zero attached hydrogens (tertiary/aromatic N) is 3. The van der Waals surface area contributed by atoms with E-state index in [4.69, 9.17) is 18.9 Å². The molecule has 0 atom stereocenters. The Labute approximate surface area is 223 Å². The van der Waals surface area contributed by atoms with E-state index >= 15 is 0 Å². The Hall–Kier alpha value is -4.01. The molecule has 0 aliphatic rings. The van der Waals surface area contributed by atoms with Gasteiger partial charge in [-0.15, -0.1) is 6.58 Å². The molecule has 1 N–H and O–H groups in total. The highest BCUT2D eigenvalue weighted by molar-refractivity contribution is 7.98. The number of methoxy groups -OCH3 is 2. The zero-order chi connectivity index (χ0) is 26.6. The van der Waals surface area contributed by atoms with Crippen molar-refractivity contribution in [2.75, 3.05) is 39.0 Å². The molecule has 0 spiro atoms. The number of ether oxygens (including phenoxy) is 4. The third-order valence-electron chi connectivity index (χ3n) is 4.88. The Balaban J connectivity index is 1.77. The van der Waals surface area contributed by atoms with E-state index in [0.717, 1.165) is 17.1 Å². The Morgan fingerprint density at radius 2 is 1.89 bits per heavy atom. The highest BCUT2D eigenvalue weighted by Gasteiger charge is 2.16. The van der Waals surface area contributed by atoms with Gasteiger partial charge in [0.1, 0.15) is 24.9 Å². The van der Waals surface area contributed by atoms with E-state index in [-0.39, 0.29) is 18.8 Å². The number of amides is 1. The van der Waals surface area contributed by atoms with Crippen LogP contribution in [0.5, 0.6) is 23.0 Å². The molecule has 0 saturated heterocycles. The quantitative estimate of drug-likeness (QED) is 0.105. The van der Waals surface area contributed by atoms with Crippen molar-refractivity contribution in [2.24, 2.45) is 0 Å². The summed E-state index contributed by atoms with van der Waals surface area (Å²) in [5, 5.41) is 13.1. The normalized spacial score (nSPS) is 10.8. The third-order valence-corrected chi connectivity index (χ3v) is 6.17. The van der Waals surface area contributed by atoms with Crippen LogP contribution in [0.1, 0.15) is 11.1 Å². The number of benzene rings is 2. The number of anilines is 1. The van der Waals surface area contributed by atoms with Crippen molar-refractivity contribution in [3.05, 3.63) is 65.8 Å². The second-order valence-electron chi connectivity index (χ2n) is 7.26. The van der Waals surface area contributed by atoms with Crippen molar-refractivity contribution in [1.82, 2.24) is 9.36 Å². The fourth-order valence-corrected chi connectivity index (χ4v) is 4.37. The van der Waals surface area contributed by atoms with E-state index < -0.39 is 5.91 Å². The number of rotatable bonds is 13. The molecule has 2 aromatic carbocycles. The van der Waals surface area contributed by atoms with Crippen LogP contribution < -0.4 is 24.3 Å². The molecule has 192 valence electrons. The van der Waals surface area contributed by atoms with Crippen LogP contribution in [0.4, 0.5) is 5.13 Å². The first-order chi connectivity index (χ1) is 18.0. The molecule has 0 fully saturated rings. The van der Waals surface area contributed by atoms with Crippen molar-refractivity contribution in [3.63, 3.8) is 0 Å². The van der Waals surface area contributed by atoms with Gasteiger partial charge in [0.05, 0.1) is 14.2 Å². The fraction of sp³-hybridized carbons (Fsp3) is 0.231. The van der Waals surface area contributed by atoms with E-state index in [9.17, 15) is 10.1 Å². The van der Waals surface area contributed by atoms with Gasteiger partial charge < -0.3 is 18.9 Å². The lowest BCUT2D eigenvalue weighted by atomic mass is 10.0. The fourth-order valence-electron chi connectivity index (χ4n) is 3.25. The largest absolute Gasteiger partial charge is 0.493 e. The summed E-state index contributed by atoms with van der Waals surface area (Å²) in [4.78, 5) is 16.8. The Morgan fingerprint density at radius 3 is 2.54 bits per heavy atom. The average molecular weight is 539 g/mol. The smallest absolute Gasteiger partial charge is 0.268 e. The van der Waals surface area contributed by atoms with Gasteiger partial charge in [0, 0.05) is 17.1 Å². The summed E-state index contributed by atoms with van der Waals surface area (Å²) in [6, 6.07) is 12.8. The van der Waals surface area contributed by atoms with Gasteiger partial charge in [-0.3, -0.25) is 10.1 Å². The number of aromatic nitrogens is 2. The molecule has 0 saturated carbocycles. The maximum absolute atomic E-state index is 12.7. The van der Waals surface area contributed by atoms with Gasteiger partial charge in [-0.05, 0) is 48.6 Å². The van der Waals surface area contributed by atoms with Crippen LogP contribution in [0, 0.1) is 11.3 Å². The third kappa shape index (κ3) is 7.49. The second kappa shape index (κ2) is 13.9. The predicted octanol–water partition coefficient (Wildman–Crippen LogP) is 5.01. The minimum absolute atomic E-state index is 0.0913. The van der Waals surface area contributed by atoms with Crippen LogP contribution >= 0.6 is 23.3 Å². The Kier molecular flexibility index (Phi) is 10.4. The number of para-hydroxylation sites is 2. The zero-order valence-electron chi connectivity index (χ0n) is 20.6. The monoisotopic (exact) mass is 538 g/mol. The van der Waals surface area contributed by atoms with E-state index in [1.165, 1.54) is 24.9 Å². The predicted molar refractivity (Wildman–Crippen MR) is 145 cm³/mol. The molecule has 11 heteroatoms. The summed E-state index contributed by atoms with van der Waals surface area (Å²) in [7, 11) is 3.11. The van der Waals surface area contributed by atoms with Crippen molar-refractivity contribution >= 4 is 40.4 Å². The Morgan fingerprint density at radius 1 is 1.16 bits per heavy atom. The molecule has 0 unspecified atom stereocenters. The van der Waals surface area contributed by atoms with E-state index in [1.807, 2.05) is 42.7 Å². The Bertz CT molecular complexity index is 1320. The van der Waals surface area contributed by atoms with Gasteiger partial charge in [-0.2, -0.15) is 14.6 Å². The molecule has 1 heterocycles. The van der Waals surface area contributed by atoms with Crippen LogP contribution in [0.2, 0.25) is 0 Å². The van der Waals surface area contributed by atoms with Crippen LogP contribution in [0.3, 0.4) is 0 Å². The number of allylic oxidation sites excluding steroid dienone is 1. The number of nitrogens with one attached hydrogen (secondary N) is 1. The average Bonchev–Trinajstić information content (AvgIpc) is 3.38. The maximum atomic E-state index is 12.7. The molecule has 1 aromatic heterocycles. The first kappa shape index (κ1) is 27.6. The SMILES string of the molecule is C=CCc1cc(C=C(C#N)C(=O)Nc2nc(SC)ns2)cc(OC)c1OCCOc1ccccc1OC. The number of hydrogen-bond donors (Lipinski definition) is 1. The molecule has 0 bridgehead atoms. The number of thioether (sulfide) groups is 1.